The summed E-state index contributed by atoms with van der Waals surface area (Å²) in [6.07, 6.45) is -1.65. The van der Waals surface area contributed by atoms with E-state index in [1.54, 1.807) is 36.5 Å². The van der Waals surface area contributed by atoms with Crippen molar-refractivity contribution >= 4 is 11.0 Å². The fraction of sp³-hybridized carbons (Fsp3) is 0.176. The summed E-state index contributed by atoms with van der Waals surface area (Å²) in [6.45, 7) is -1.17. The van der Waals surface area contributed by atoms with Crippen LogP contribution >= 0.6 is 0 Å². The van der Waals surface area contributed by atoms with Crippen molar-refractivity contribution in [1.82, 2.24) is 29.8 Å². The second-order valence-corrected chi connectivity index (χ2v) is 5.85. The molecule has 0 N–H and O–H groups in total. The zero-order valence-corrected chi connectivity index (χ0v) is 13.7. The summed E-state index contributed by atoms with van der Waals surface area (Å²) in [5.41, 5.74) is 1.41. The highest BCUT2D eigenvalue weighted by atomic mass is 19.4. The smallest absolute Gasteiger partial charge is 0.242 e. The first kappa shape index (κ1) is 17.1. The summed E-state index contributed by atoms with van der Waals surface area (Å²) in [5, 5.41) is 12.5. The lowest BCUT2D eigenvalue weighted by Crippen LogP contribution is -2.19. The summed E-state index contributed by atoms with van der Waals surface area (Å²) in [5.74, 6) is -0.380. The van der Waals surface area contributed by atoms with Gasteiger partial charge in [-0.25, -0.2) is 14.1 Å². The maximum atomic E-state index is 14.0. The predicted octanol–water partition coefficient (Wildman–Crippen LogP) is 3.44. The van der Waals surface area contributed by atoms with Crippen molar-refractivity contribution in [3.63, 3.8) is 0 Å². The number of rotatable bonds is 4. The lowest BCUT2D eigenvalue weighted by atomic mass is 10.2. The average molecular weight is 376 g/mol. The van der Waals surface area contributed by atoms with Gasteiger partial charge in [0.05, 0.1) is 12.7 Å². The van der Waals surface area contributed by atoms with Crippen LogP contribution in [0.25, 0.3) is 22.4 Å². The topological polar surface area (TPSA) is 61.4 Å². The van der Waals surface area contributed by atoms with E-state index < -0.39 is 12.7 Å². The van der Waals surface area contributed by atoms with E-state index in [0.717, 1.165) is 0 Å². The first-order valence-corrected chi connectivity index (χ1v) is 7.93. The number of pyridine rings is 1. The Balaban J connectivity index is 1.75. The lowest BCUT2D eigenvalue weighted by Gasteiger charge is -2.04. The van der Waals surface area contributed by atoms with Gasteiger partial charge in [-0.2, -0.15) is 33.3 Å². The Bertz CT molecular complexity index is 1100. The molecule has 0 aliphatic carbocycles. The van der Waals surface area contributed by atoms with E-state index in [4.69, 9.17) is 0 Å². The number of fused-ring (bicyclic) bond motifs is 1. The Labute approximate surface area is 150 Å². The van der Waals surface area contributed by atoms with E-state index in [1.165, 1.54) is 16.9 Å². The third-order valence-corrected chi connectivity index (χ3v) is 3.88. The monoisotopic (exact) mass is 376 g/mol. The minimum atomic E-state index is -4.43. The Morgan fingerprint density at radius 3 is 2.59 bits per heavy atom. The van der Waals surface area contributed by atoms with Crippen LogP contribution in [-0.4, -0.2) is 35.9 Å². The van der Waals surface area contributed by atoms with E-state index in [-0.39, 0.29) is 18.1 Å². The molecule has 27 heavy (non-hydrogen) atoms. The maximum Gasteiger partial charge on any atom is 0.409 e. The van der Waals surface area contributed by atoms with Gasteiger partial charge in [-0.15, -0.1) is 0 Å². The van der Waals surface area contributed by atoms with Gasteiger partial charge in [0, 0.05) is 17.1 Å². The molecule has 4 aromatic rings. The lowest BCUT2D eigenvalue weighted by molar-refractivity contribution is -0.144. The van der Waals surface area contributed by atoms with E-state index in [9.17, 15) is 17.6 Å². The molecule has 0 radical (unpaired) electrons. The molecule has 6 nitrogen and oxygen atoms in total. The van der Waals surface area contributed by atoms with Crippen molar-refractivity contribution in [2.45, 2.75) is 19.3 Å². The molecule has 10 heteroatoms. The Morgan fingerprint density at radius 1 is 1.00 bits per heavy atom. The summed E-state index contributed by atoms with van der Waals surface area (Å²) >= 11 is 0. The molecule has 138 valence electrons. The number of benzene rings is 1. The fourth-order valence-electron chi connectivity index (χ4n) is 2.74. The second-order valence-electron chi connectivity index (χ2n) is 5.85. The van der Waals surface area contributed by atoms with Crippen molar-refractivity contribution in [2.24, 2.45) is 0 Å². The van der Waals surface area contributed by atoms with Gasteiger partial charge >= 0.3 is 6.18 Å². The second kappa shape index (κ2) is 6.45. The average Bonchev–Trinajstić information content (AvgIpc) is 3.20. The molecular weight excluding hydrogens is 364 g/mol. The van der Waals surface area contributed by atoms with Crippen LogP contribution in [0.3, 0.4) is 0 Å². The van der Waals surface area contributed by atoms with E-state index in [2.05, 4.69) is 20.3 Å². The van der Waals surface area contributed by atoms with Crippen LogP contribution in [0.2, 0.25) is 0 Å². The maximum absolute atomic E-state index is 14.0. The summed E-state index contributed by atoms with van der Waals surface area (Å²) < 4.78 is 53.0. The molecule has 0 atom stereocenters. The fourth-order valence-corrected chi connectivity index (χ4v) is 2.74. The van der Waals surface area contributed by atoms with E-state index >= 15 is 0 Å². The summed E-state index contributed by atoms with van der Waals surface area (Å²) in [7, 11) is 0. The van der Waals surface area contributed by atoms with Crippen molar-refractivity contribution in [3.8, 4) is 11.4 Å². The van der Waals surface area contributed by atoms with Crippen LogP contribution in [0.1, 0.15) is 5.56 Å². The Kier molecular flexibility index (Phi) is 4.09. The number of nitrogens with zero attached hydrogens (tertiary/aromatic N) is 6. The molecule has 0 saturated heterocycles. The quantitative estimate of drug-likeness (QED) is 0.512. The van der Waals surface area contributed by atoms with E-state index in [1.807, 2.05) is 0 Å². The van der Waals surface area contributed by atoms with Crippen LogP contribution in [-0.2, 0) is 13.1 Å². The normalized spacial score (nSPS) is 12.0. The summed E-state index contributed by atoms with van der Waals surface area (Å²) in [6, 6.07) is 9.68. The van der Waals surface area contributed by atoms with Gasteiger partial charge in [-0.3, -0.25) is 0 Å². The highest BCUT2D eigenvalue weighted by molar-refractivity contribution is 5.89. The van der Waals surface area contributed by atoms with Crippen molar-refractivity contribution in [2.75, 3.05) is 0 Å². The van der Waals surface area contributed by atoms with Gasteiger partial charge in [0.15, 0.2) is 12.2 Å². The Hall–Kier alpha value is -3.30. The number of alkyl halides is 3. The van der Waals surface area contributed by atoms with Gasteiger partial charge in [0.2, 0.25) is 0 Å². The first-order valence-electron chi connectivity index (χ1n) is 7.93. The van der Waals surface area contributed by atoms with Crippen LogP contribution in [0.15, 0.2) is 48.8 Å². The molecule has 3 heterocycles. The molecule has 4 rings (SSSR count). The molecule has 0 spiro atoms. The van der Waals surface area contributed by atoms with Crippen molar-refractivity contribution < 1.29 is 17.6 Å². The van der Waals surface area contributed by atoms with Gasteiger partial charge in [0.1, 0.15) is 17.2 Å². The van der Waals surface area contributed by atoms with E-state index in [0.29, 0.717) is 27.1 Å². The van der Waals surface area contributed by atoms with Gasteiger partial charge in [0.25, 0.3) is 0 Å². The predicted molar refractivity (Wildman–Crippen MR) is 88.1 cm³/mol. The van der Waals surface area contributed by atoms with Crippen molar-refractivity contribution in [3.05, 3.63) is 60.2 Å². The molecule has 0 saturated carbocycles. The molecule has 0 aliphatic heterocycles. The van der Waals surface area contributed by atoms with Crippen LogP contribution in [0, 0.1) is 5.82 Å². The first-order chi connectivity index (χ1) is 12.9. The molecule has 0 amide bonds. The molecule has 0 fully saturated rings. The SMILES string of the molecule is Fc1ccccc1Cn1nc(-c2cnn(CC(F)(F)F)n2)c2cccnc21. The minimum absolute atomic E-state index is 0.122. The molecule has 0 bridgehead atoms. The minimum Gasteiger partial charge on any atom is -0.242 e. The third kappa shape index (κ3) is 3.50. The number of halogens is 4. The molecular formula is C17H12F4N6. The standard InChI is InChI=1S/C17H12F4N6/c18-13-6-2-1-4-11(13)9-26-16-12(5-3-7-22-16)15(25-26)14-8-23-27(24-14)10-17(19,20)21/h1-8H,9-10H2. The zero-order chi connectivity index (χ0) is 19.0. The highest BCUT2D eigenvalue weighted by Gasteiger charge is 2.29. The van der Waals surface area contributed by atoms with Crippen molar-refractivity contribution in [1.29, 1.82) is 0 Å². The van der Waals surface area contributed by atoms with Gasteiger partial charge < -0.3 is 0 Å². The molecule has 0 unspecified atom stereocenters. The number of aromatic nitrogens is 6. The molecule has 1 aromatic carbocycles. The van der Waals surface area contributed by atoms with Gasteiger partial charge in [-0.1, -0.05) is 18.2 Å². The summed E-state index contributed by atoms with van der Waals surface area (Å²) in [4.78, 5) is 4.83. The third-order valence-electron chi connectivity index (χ3n) is 3.88. The number of hydrogen-bond donors (Lipinski definition) is 0. The van der Waals surface area contributed by atoms with Gasteiger partial charge in [-0.05, 0) is 18.2 Å². The van der Waals surface area contributed by atoms with Crippen LogP contribution < -0.4 is 0 Å². The number of hydrogen-bond acceptors (Lipinski definition) is 4. The molecule has 0 aliphatic rings. The zero-order valence-electron chi connectivity index (χ0n) is 13.7. The largest absolute Gasteiger partial charge is 0.409 e. The Morgan fingerprint density at radius 2 is 1.81 bits per heavy atom. The molecule has 3 aromatic heterocycles. The van der Waals surface area contributed by atoms with Crippen LogP contribution in [0.4, 0.5) is 17.6 Å². The van der Waals surface area contributed by atoms with Crippen LogP contribution in [0.5, 0.6) is 0 Å². The highest BCUT2D eigenvalue weighted by Crippen LogP contribution is 2.26.